The van der Waals surface area contributed by atoms with Crippen molar-refractivity contribution in [1.29, 1.82) is 0 Å². The maximum Gasteiger partial charge on any atom is 0.247 e. The smallest absolute Gasteiger partial charge is 0.247 e. The molecule has 0 aliphatic heterocycles. The Balaban J connectivity index is 1.80. The van der Waals surface area contributed by atoms with Crippen LogP contribution >= 0.6 is 11.3 Å². The SMILES string of the molecule is Cc1nc2ccc(NC(=O)[C@@H](C)n3ccnc3C(C)C)cc2s1. The largest absolute Gasteiger partial charge is 0.324 e. The highest BCUT2D eigenvalue weighted by Gasteiger charge is 2.19. The number of amides is 1. The predicted octanol–water partition coefficient (Wildman–Crippen LogP) is 4.12. The van der Waals surface area contributed by atoms with Gasteiger partial charge in [-0.3, -0.25) is 4.79 Å². The van der Waals surface area contributed by atoms with Crippen molar-refractivity contribution < 1.29 is 4.79 Å². The van der Waals surface area contributed by atoms with Gasteiger partial charge >= 0.3 is 0 Å². The van der Waals surface area contributed by atoms with E-state index in [1.54, 1.807) is 17.5 Å². The summed E-state index contributed by atoms with van der Waals surface area (Å²) in [7, 11) is 0. The van der Waals surface area contributed by atoms with Crippen LogP contribution in [0.25, 0.3) is 10.2 Å². The highest BCUT2D eigenvalue weighted by molar-refractivity contribution is 7.18. The molecule has 23 heavy (non-hydrogen) atoms. The third-order valence-electron chi connectivity index (χ3n) is 3.77. The van der Waals surface area contributed by atoms with Gasteiger partial charge in [-0.2, -0.15) is 0 Å². The van der Waals surface area contributed by atoms with Crippen molar-refractivity contribution in [3.8, 4) is 0 Å². The molecule has 0 spiro atoms. The summed E-state index contributed by atoms with van der Waals surface area (Å²) in [6, 6.07) is 5.50. The lowest BCUT2D eigenvalue weighted by Crippen LogP contribution is -2.24. The molecule has 0 saturated carbocycles. The molecule has 0 fully saturated rings. The molecule has 0 radical (unpaired) electrons. The van der Waals surface area contributed by atoms with Crippen molar-refractivity contribution in [3.63, 3.8) is 0 Å². The van der Waals surface area contributed by atoms with Gasteiger partial charge in [-0.1, -0.05) is 13.8 Å². The monoisotopic (exact) mass is 328 g/mol. The third-order valence-corrected chi connectivity index (χ3v) is 4.71. The van der Waals surface area contributed by atoms with E-state index in [0.717, 1.165) is 26.7 Å². The summed E-state index contributed by atoms with van der Waals surface area (Å²) in [5, 5.41) is 4.01. The van der Waals surface area contributed by atoms with Gasteiger partial charge in [-0.25, -0.2) is 9.97 Å². The highest BCUT2D eigenvalue weighted by atomic mass is 32.1. The number of hydrogen-bond acceptors (Lipinski definition) is 4. The number of nitrogens with one attached hydrogen (secondary N) is 1. The zero-order chi connectivity index (χ0) is 16.6. The Labute approximate surface area is 139 Å². The fraction of sp³-hybridized carbons (Fsp3) is 0.353. The molecule has 0 saturated heterocycles. The van der Waals surface area contributed by atoms with E-state index in [-0.39, 0.29) is 17.9 Å². The Hall–Kier alpha value is -2.21. The fourth-order valence-electron chi connectivity index (χ4n) is 2.59. The van der Waals surface area contributed by atoms with Crippen molar-refractivity contribution in [2.75, 3.05) is 5.32 Å². The number of aryl methyl sites for hydroxylation is 1. The number of benzene rings is 1. The Morgan fingerprint density at radius 2 is 2.09 bits per heavy atom. The predicted molar refractivity (Wildman–Crippen MR) is 94.0 cm³/mol. The van der Waals surface area contributed by atoms with E-state index in [0.29, 0.717) is 0 Å². The molecule has 1 aromatic carbocycles. The highest BCUT2D eigenvalue weighted by Crippen LogP contribution is 2.25. The summed E-state index contributed by atoms with van der Waals surface area (Å²) in [6.07, 6.45) is 3.60. The zero-order valence-corrected chi connectivity index (χ0v) is 14.5. The van der Waals surface area contributed by atoms with Gasteiger partial charge < -0.3 is 9.88 Å². The molecule has 0 aliphatic carbocycles. The number of hydrogen-bond donors (Lipinski definition) is 1. The maximum absolute atomic E-state index is 12.6. The first-order chi connectivity index (χ1) is 11.0. The molecule has 2 heterocycles. The Bertz CT molecular complexity index is 849. The second-order valence-electron chi connectivity index (χ2n) is 5.93. The second-order valence-corrected chi connectivity index (χ2v) is 7.16. The number of carbonyl (C=O) groups is 1. The van der Waals surface area contributed by atoms with E-state index in [2.05, 4.69) is 29.1 Å². The van der Waals surface area contributed by atoms with Crippen molar-refractivity contribution in [2.45, 2.75) is 39.7 Å². The molecule has 6 heteroatoms. The van der Waals surface area contributed by atoms with E-state index in [1.807, 2.05) is 42.8 Å². The number of imidazole rings is 1. The lowest BCUT2D eigenvalue weighted by Gasteiger charge is -2.17. The minimum atomic E-state index is -0.311. The molecule has 0 unspecified atom stereocenters. The van der Waals surface area contributed by atoms with E-state index < -0.39 is 0 Å². The van der Waals surface area contributed by atoms with Crippen LogP contribution in [0.15, 0.2) is 30.6 Å². The number of fused-ring (bicyclic) bond motifs is 1. The summed E-state index contributed by atoms with van der Waals surface area (Å²) in [4.78, 5) is 21.3. The van der Waals surface area contributed by atoms with Gasteiger partial charge in [0, 0.05) is 24.0 Å². The number of nitrogens with zero attached hydrogens (tertiary/aromatic N) is 3. The van der Waals surface area contributed by atoms with Crippen LogP contribution in [0.3, 0.4) is 0 Å². The zero-order valence-electron chi connectivity index (χ0n) is 13.7. The number of anilines is 1. The number of aromatic nitrogens is 3. The van der Waals surface area contributed by atoms with Crippen LogP contribution in [0.1, 0.15) is 43.6 Å². The van der Waals surface area contributed by atoms with Crippen LogP contribution in [0.2, 0.25) is 0 Å². The van der Waals surface area contributed by atoms with E-state index >= 15 is 0 Å². The first kappa shape index (κ1) is 15.7. The molecule has 120 valence electrons. The second kappa shape index (κ2) is 6.12. The molecular weight excluding hydrogens is 308 g/mol. The molecule has 5 nitrogen and oxygen atoms in total. The minimum absolute atomic E-state index is 0.0505. The van der Waals surface area contributed by atoms with Crippen molar-refractivity contribution in [1.82, 2.24) is 14.5 Å². The minimum Gasteiger partial charge on any atom is -0.324 e. The fourth-order valence-corrected chi connectivity index (χ4v) is 3.46. The van der Waals surface area contributed by atoms with Crippen LogP contribution < -0.4 is 5.32 Å². The van der Waals surface area contributed by atoms with Gasteiger partial charge in [0.05, 0.1) is 15.2 Å². The first-order valence-electron chi connectivity index (χ1n) is 7.66. The standard InChI is InChI=1S/C17H20N4OS/c1-10(2)16-18-7-8-21(16)11(3)17(22)20-13-5-6-14-15(9-13)23-12(4)19-14/h5-11H,1-4H3,(H,20,22)/t11-/m1/s1. The van der Waals surface area contributed by atoms with Gasteiger partial charge in [0.1, 0.15) is 11.9 Å². The van der Waals surface area contributed by atoms with Gasteiger partial charge in [-0.05, 0) is 32.0 Å². The quantitative estimate of drug-likeness (QED) is 0.783. The number of carbonyl (C=O) groups excluding carboxylic acids is 1. The van der Waals surface area contributed by atoms with E-state index in [9.17, 15) is 4.79 Å². The van der Waals surface area contributed by atoms with Crippen LogP contribution in [0.4, 0.5) is 5.69 Å². The van der Waals surface area contributed by atoms with Gasteiger partial charge in [0.2, 0.25) is 5.91 Å². The van der Waals surface area contributed by atoms with Crippen molar-refractivity contribution in [3.05, 3.63) is 41.4 Å². The average Bonchev–Trinajstić information content (AvgIpc) is 3.11. The molecule has 2 aromatic heterocycles. The van der Waals surface area contributed by atoms with Crippen LogP contribution in [-0.4, -0.2) is 20.4 Å². The summed E-state index contributed by atoms with van der Waals surface area (Å²) in [6.45, 7) is 8.02. The Kier molecular flexibility index (Phi) is 4.17. The summed E-state index contributed by atoms with van der Waals surface area (Å²) >= 11 is 1.63. The molecule has 0 bridgehead atoms. The van der Waals surface area contributed by atoms with Crippen LogP contribution in [0, 0.1) is 6.92 Å². The van der Waals surface area contributed by atoms with Gasteiger partial charge in [0.25, 0.3) is 0 Å². The topological polar surface area (TPSA) is 59.8 Å². The van der Waals surface area contributed by atoms with E-state index in [1.165, 1.54) is 0 Å². The molecule has 3 aromatic rings. The lowest BCUT2D eigenvalue weighted by molar-refractivity contribution is -0.118. The molecular formula is C17H20N4OS. The molecule has 3 rings (SSSR count). The third kappa shape index (κ3) is 3.12. The normalized spacial score (nSPS) is 12.7. The molecule has 1 atom stereocenters. The number of thiazole rings is 1. The molecule has 1 N–H and O–H groups in total. The average molecular weight is 328 g/mol. The summed E-state index contributed by atoms with van der Waals surface area (Å²) < 4.78 is 3.01. The van der Waals surface area contributed by atoms with Crippen LogP contribution in [0.5, 0.6) is 0 Å². The van der Waals surface area contributed by atoms with Crippen molar-refractivity contribution >= 4 is 33.1 Å². The summed E-state index contributed by atoms with van der Waals surface area (Å²) in [5.41, 5.74) is 1.76. The molecule has 1 amide bonds. The van der Waals surface area contributed by atoms with Crippen molar-refractivity contribution in [2.24, 2.45) is 0 Å². The van der Waals surface area contributed by atoms with E-state index in [4.69, 9.17) is 0 Å². The van der Waals surface area contributed by atoms with Gasteiger partial charge in [0.15, 0.2) is 0 Å². The number of rotatable bonds is 4. The lowest BCUT2D eigenvalue weighted by atomic mass is 10.2. The summed E-state index contributed by atoms with van der Waals surface area (Å²) in [5.74, 6) is 1.14. The maximum atomic E-state index is 12.6. The Morgan fingerprint density at radius 1 is 1.30 bits per heavy atom. The van der Waals surface area contributed by atoms with Gasteiger partial charge in [-0.15, -0.1) is 11.3 Å². The Morgan fingerprint density at radius 3 is 2.83 bits per heavy atom. The first-order valence-corrected chi connectivity index (χ1v) is 8.48. The van der Waals surface area contributed by atoms with Crippen LogP contribution in [-0.2, 0) is 4.79 Å². The molecule has 0 aliphatic rings.